The molecule has 1 heterocycles. The third-order valence-electron chi connectivity index (χ3n) is 3.06. The van der Waals surface area contributed by atoms with Crippen molar-refractivity contribution < 1.29 is 4.74 Å². The Kier molecular flexibility index (Phi) is 5.62. The molecule has 0 saturated heterocycles. The monoisotopic (exact) mass is 324 g/mol. The summed E-state index contributed by atoms with van der Waals surface area (Å²) >= 11 is 7.82. The molecular weight excluding hydrogens is 304 g/mol. The molecule has 2 rings (SSSR count). The second kappa shape index (κ2) is 7.25. The van der Waals surface area contributed by atoms with Gasteiger partial charge in [0, 0.05) is 23.0 Å². The van der Waals surface area contributed by atoms with Gasteiger partial charge in [0.2, 0.25) is 0 Å². The fourth-order valence-electron chi connectivity index (χ4n) is 1.93. The summed E-state index contributed by atoms with van der Waals surface area (Å²) < 4.78 is 5.81. The van der Waals surface area contributed by atoms with Gasteiger partial charge in [-0.15, -0.1) is 11.3 Å². The zero-order valence-corrected chi connectivity index (χ0v) is 14.4. The number of nitrogens with zero attached hydrogens (tertiary/aromatic N) is 1. The van der Waals surface area contributed by atoms with Gasteiger partial charge in [-0.1, -0.05) is 25.4 Å². The summed E-state index contributed by atoms with van der Waals surface area (Å²) in [5.74, 6) is 0.837. The van der Waals surface area contributed by atoms with Gasteiger partial charge in [0.05, 0.1) is 5.69 Å². The van der Waals surface area contributed by atoms with Crippen LogP contribution in [0.2, 0.25) is 5.02 Å². The van der Waals surface area contributed by atoms with Gasteiger partial charge < -0.3 is 10.1 Å². The first-order chi connectivity index (χ1) is 9.95. The van der Waals surface area contributed by atoms with Crippen molar-refractivity contribution in [2.24, 2.45) is 0 Å². The van der Waals surface area contributed by atoms with Crippen molar-refractivity contribution in [3.8, 4) is 5.75 Å². The molecule has 0 atom stereocenters. The number of thiazole rings is 1. The normalized spacial score (nSPS) is 11.1. The minimum absolute atomic E-state index is 0.466. The lowest BCUT2D eigenvalue weighted by Crippen LogP contribution is -2.21. The highest BCUT2D eigenvalue weighted by atomic mass is 35.5. The number of halogens is 1. The lowest BCUT2D eigenvalue weighted by atomic mass is 10.1. The highest BCUT2D eigenvalue weighted by Crippen LogP contribution is 2.26. The van der Waals surface area contributed by atoms with Gasteiger partial charge in [-0.2, -0.15) is 0 Å². The van der Waals surface area contributed by atoms with Crippen LogP contribution >= 0.6 is 22.9 Å². The largest absolute Gasteiger partial charge is 0.487 e. The predicted octanol–water partition coefficient (Wildman–Crippen LogP) is 4.49. The second-order valence-electron chi connectivity index (χ2n) is 5.43. The minimum atomic E-state index is 0.466. The topological polar surface area (TPSA) is 34.1 Å². The lowest BCUT2D eigenvalue weighted by molar-refractivity contribution is 0.301. The zero-order chi connectivity index (χ0) is 15.4. The molecule has 5 heteroatoms. The summed E-state index contributed by atoms with van der Waals surface area (Å²) in [5, 5.41) is 7.30. The van der Waals surface area contributed by atoms with Crippen molar-refractivity contribution in [3.05, 3.63) is 44.4 Å². The molecule has 0 bridgehead atoms. The van der Waals surface area contributed by atoms with Gasteiger partial charge >= 0.3 is 0 Å². The van der Waals surface area contributed by atoms with Gasteiger partial charge in [-0.05, 0) is 37.1 Å². The average Bonchev–Trinajstić information content (AvgIpc) is 2.88. The van der Waals surface area contributed by atoms with Crippen LogP contribution in [0.5, 0.6) is 5.75 Å². The van der Waals surface area contributed by atoms with Crippen molar-refractivity contribution in [2.45, 2.75) is 46.9 Å². The van der Waals surface area contributed by atoms with E-state index in [0.717, 1.165) is 39.1 Å². The molecule has 0 amide bonds. The molecular formula is C16H21ClN2OS. The zero-order valence-electron chi connectivity index (χ0n) is 12.9. The number of hydrogen-bond donors (Lipinski definition) is 1. The van der Waals surface area contributed by atoms with Crippen LogP contribution in [0.1, 0.15) is 35.7 Å². The van der Waals surface area contributed by atoms with Crippen molar-refractivity contribution in [2.75, 3.05) is 0 Å². The molecule has 0 aliphatic carbocycles. The molecule has 3 nitrogen and oxygen atoms in total. The van der Waals surface area contributed by atoms with Crippen molar-refractivity contribution in [3.63, 3.8) is 0 Å². The molecule has 0 unspecified atom stereocenters. The van der Waals surface area contributed by atoms with E-state index in [1.165, 1.54) is 0 Å². The molecule has 21 heavy (non-hydrogen) atoms. The Hall–Kier alpha value is -1.10. The number of nitrogens with one attached hydrogen (secondary N) is 1. The van der Waals surface area contributed by atoms with Gasteiger partial charge in [0.1, 0.15) is 17.4 Å². The first-order valence-corrected chi connectivity index (χ1v) is 8.27. The predicted molar refractivity (Wildman–Crippen MR) is 89.3 cm³/mol. The number of aromatic nitrogens is 1. The Balaban J connectivity index is 1.94. The first kappa shape index (κ1) is 16.3. The number of aryl methyl sites for hydroxylation is 2. The molecule has 0 aliphatic rings. The summed E-state index contributed by atoms with van der Waals surface area (Å²) in [6.45, 7) is 9.52. The van der Waals surface area contributed by atoms with Crippen LogP contribution in [-0.2, 0) is 13.2 Å². The molecule has 0 fully saturated rings. The fraction of sp³-hybridized carbons (Fsp3) is 0.438. The SMILES string of the molecule is Cc1cc(OCc2csc(CNC(C)C)n2)cc(C)c1Cl. The molecule has 0 saturated carbocycles. The van der Waals surface area contributed by atoms with E-state index in [1.807, 2.05) is 31.4 Å². The van der Waals surface area contributed by atoms with Gasteiger partial charge in [0.15, 0.2) is 0 Å². The number of benzene rings is 1. The van der Waals surface area contributed by atoms with E-state index in [4.69, 9.17) is 16.3 Å². The number of ether oxygens (including phenoxy) is 1. The quantitative estimate of drug-likeness (QED) is 0.850. The Morgan fingerprint density at radius 2 is 1.95 bits per heavy atom. The van der Waals surface area contributed by atoms with Crippen LogP contribution in [0.3, 0.4) is 0 Å². The maximum atomic E-state index is 6.16. The third kappa shape index (κ3) is 4.70. The average molecular weight is 325 g/mol. The van der Waals surface area contributed by atoms with Gasteiger partial charge in [0.25, 0.3) is 0 Å². The van der Waals surface area contributed by atoms with E-state index < -0.39 is 0 Å². The van der Waals surface area contributed by atoms with Crippen LogP contribution in [-0.4, -0.2) is 11.0 Å². The van der Waals surface area contributed by atoms with Gasteiger partial charge in [-0.3, -0.25) is 0 Å². The maximum Gasteiger partial charge on any atom is 0.131 e. The molecule has 114 valence electrons. The number of rotatable bonds is 6. The Bertz CT molecular complexity index is 587. The van der Waals surface area contributed by atoms with Crippen LogP contribution in [0.4, 0.5) is 0 Å². The van der Waals surface area contributed by atoms with Crippen molar-refractivity contribution >= 4 is 22.9 Å². The fourth-order valence-corrected chi connectivity index (χ4v) is 2.77. The summed E-state index contributed by atoms with van der Waals surface area (Å²) in [6, 6.07) is 4.39. The molecule has 0 aliphatic heterocycles. The van der Waals surface area contributed by atoms with E-state index >= 15 is 0 Å². The first-order valence-electron chi connectivity index (χ1n) is 7.02. The Morgan fingerprint density at radius 1 is 1.29 bits per heavy atom. The third-order valence-corrected chi connectivity index (χ3v) is 4.55. The molecule has 2 aromatic rings. The highest BCUT2D eigenvalue weighted by Gasteiger charge is 2.06. The minimum Gasteiger partial charge on any atom is -0.487 e. The standard InChI is InChI=1S/C16H21ClN2OS/c1-10(2)18-7-15-19-13(9-21-15)8-20-14-5-11(3)16(17)12(4)6-14/h5-6,9-10,18H,7-8H2,1-4H3. The second-order valence-corrected chi connectivity index (χ2v) is 6.75. The molecule has 0 radical (unpaired) electrons. The summed E-state index contributed by atoms with van der Waals surface area (Å²) in [4.78, 5) is 4.56. The number of hydrogen-bond acceptors (Lipinski definition) is 4. The van der Waals surface area contributed by atoms with E-state index in [1.54, 1.807) is 11.3 Å². The van der Waals surface area contributed by atoms with Gasteiger partial charge in [-0.25, -0.2) is 4.98 Å². The van der Waals surface area contributed by atoms with E-state index in [9.17, 15) is 0 Å². The summed E-state index contributed by atoms with van der Waals surface area (Å²) in [7, 11) is 0. The van der Waals surface area contributed by atoms with Crippen molar-refractivity contribution in [1.82, 2.24) is 10.3 Å². The molecule has 1 aromatic heterocycles. The van der Waals surface area contributed by atoms with Crippen LogP contribution < -0.4 is 10.1 Å². The molecule has 0 spiro atoms. The van der Waals surface area contributed by atoms with Crippen LogP contribution in [0, 0.1) is 13.8 Å². The molecule has 1 aromatic carbocycles. The Morgan fingerprint density at radius 3 is 2.57 bits per heavy atom. The van der Waals surface area contributed by atoms with E-state index in [0.29, 0.717) is 12.6 Å². The summed E-state index contributed by atoms with van der Waals surface area (Å²) in [5.41, 5.74) is 3.03. The highest BCUT2D eigenvalue weighted by molar-refractivity contribution is 7.09. The van der Waals surface area contributed by atoms with Crippen LogP contribution in [0.15, 0.2) is 17.5 Å². The van der Waals surface area contributed by atoms with Crippen LogP contribution in [0.25, 0.3) is 0 Å². The maximum absolute atomic E-state index is 6.16. The van der Waals surface area contributed by atoms with Crippen molar-refractivity contribution in [1.29, 1.82) is 0 Å². The summed E-state index contributed by atoms with van der Waals surface area (Å²) in [6.07, 6.45) is 0. The smallest absolute Gasteiger partial charge is 0.131 e. The molecule has 1 N–H and O–H groups in total. The van der Waals surface area contributed by atoms with E-state index in [2.05, 4.69) is 24.1 Å². The Labute approximate surface area is 135 Å². The van der Waals surface area contributed by atoms with E-state index in [-0.39, 0.29) is 0 Å². The lowest BCUT2D eigenvalue weighted by Gasteiger charge is -2.09.